The lowest BCUT2D eigenvalue weighted by Crippen LogP contribution is -2.59. The van der Waals surface area contributed by atoms with Crippen molar-refractivity contribution in [1.29, 1.82) is 0 Å². The summed E-state index contributed by atoms with van der Waals surface area (Å²) in [5.41, 5.74) is 0.779. The van der Waals surface area contributed by atoms with E-state index >= 15 is 0 Å². The highest BCUT2D eigenvalue weighted by atomic mass is 32.1. The minimum Gasteiger partial charge on any atom is -0.481 e. The first-order chi connectivity index (χ1) is 60.4. The molecule has 0 saturated heterocycles. The predicted octanol–water partition coefficient (Wildman–Crippen LogP) is 5.50. The fourth-order valence-corrected chi connectivity index (χ4v) is 13.5. The van der Waals surface area contributed by atoms with Gasteiger partial charge in [-0.3, -0.25) is 48.1 Å². The molecule has 10 N–H and O–H groups in total. The van der Waals surface area contributed by atoms with Gasteiger partial charge in [0, 0.05) is 106 Å². The van der Waals surface area contributed by atoms with Gasteiger partial charge in [0.25, 0.3) is 0 Å². The molecule has 1 aromatic carbocycles. The molecule has 1 aromatic rings. The van der Waals surface area contributed by atoms with Gasteiger partial charge in [0.15, 0.2) is 25.2 Å². The number of ketones is 1. The van der Waals surface area contributed by atoms with Crippen LogP contribution in [0, 0.1) is 35.5 Å². The zero-order valence-corrected chi connectivity index (χ0v) is 80.1. The number of likely N-dealkylation sites (N-methyl/N-ethyl adjacent to an activating group) is 2. The van der Waals surface area contributed by atoms with Crippen molar-refractivity contribution >= 4 is 78.0 Å². The monoisotopic (exact) mass is 1840 g/mol. The van der Waals surface area contributed by atoms with Gasteiger partial charge in [0.2, 0.25) is 29.5 Å². The Kier molecular flexibility index (Phi) is 70.0. The molecule has 2 rings (SSSR count). The summed E-state index contributed by atoms with van der Waals surface area (Å²) in [6.45, 7) is 21.8. The van der Waals surface area contributed by atoms with Crippen LogP contribution >= 0.6 is 12.6 Å². The van der Waals surface area contributed by atoms with Crippen molar-refractivity contribution in [1.82, 2.24) is 31.1 Å². The highest BCUT2D eigenvalue weighted by molar-refractivity contribution is 7.80. The summed E-state index contributed by atoms with van der Waals surface area (Å²) in [7, 11) is 14.1. The first kappa shape index (κ1) is 122. The number of methoxy groups -OCH3 is 6. The van der Waals surface area contributed by atoms with Crippen molar-refractivity contribution in [3.63, 3.8) is 0 Å². The van der Waals surface area contributed by atoms with Gasteiger partial charge in [0.05, 0.1) is 101 Å². The molecule has 10 unspecified atom stereocenters. The van der Waals surface area contributed by atoms with E-state index in [0.717, 1.165) is 12.0 Å². The number of Topliss-reactive ketones (excluding diaryl/α,β-unsaturated/α-hetero) is 1. The number of benzene rings is 1. The van der Waals surface area contributed by atoms with Crippen LogP contribution in [-0.2, 0) is 125 Å². The van der Waals surface area contributed by atoms with Crippen LogP contribution < -0.4 is 21.3 Å². The van der Waals surface area contributed by atoms with Crippen LogP contribution in [0.3, 0.4) is 0 Å². The van der Waals surface area contributed by atoms with Crippen LogP contribution in [-0.4, -0.2) is 340 Å². The molecular formula is C88H158N6O32S. The van der Waals surface area contributed by atoms with Crippen LogP contribution in [0.5, 0.6) is 0 Å². The molecule has 0 bridgehead atoms. The number of ether oxygens (including phenoxy) is 15. The number of amides is 5. The first-order valence-electron chi connectivity index (χ1n) is 44.0. The van der Waals surface area contributed by atoms with Crippen molar-refractivity contribution in [2.45, 2.75) is 284 Å². The number of nitrogens with zero attached hydrogens (tertiary/aromatic N) is 2. The van der Waals surface area contributed by atoms with Gasteiger partial charge >= 0.3 is 30.0 Å². The maximum absolute atomic E-state index is 14.6. The largest absolute Gasteiger partial charge is 0.508 e. The fourth-order valence-electron chi connectivity index (χ4n) is 13.4. The van der Waals surface area contributed by atoms with Gasteiger partial charge in [-0.1, -0.05) is 119 Å². The van der Waals surface area contributed by atoms with Crippen LogP contribution in [0.15, 0.2) is 30.3 Å². The number of carbonyl (C=O) groups excluding carboxylic acids is 10. The summed E-state index contributed by atoms with van der Waals surface area (Å²) >= 11 is 3.95. The number of hydrogen-bond acceptors (Lipinski definition) is 33. The van der Waals surface area contributed by atoms with Crippen LogP contribution in [0.1, 0.15) is 191 Å². The van der Waals surface area contributed by atoms with Gasteiger partial charge in [-0.15, -0.1) is 0 Å². The predicted molar refractivity (Wildman–Crippen MR) is 472 cm³/mol. The lowest BCUT2D eigenvalue weighted by molar-refractivity contribution is -0.194. The van der Waals surface area contributed by atoms with E-state index in [0.29, 0.717) is 57.2 Å². The molecule has 0 heterocycles. The molecule has 0 aliphatic heterocycles. The van der Waals surface area contributed by atoms with E-state index in [1.165, 1.54) is 35.5 Å². The molecule has 0 radical (unpaired) electrons. The Morgan fingerprint density at radius 3 is 1.45 bits per heavy atom. The van der Waals surface area contributed by atoms with E-state index in [-0.39, 0.29) is 195 Å². The Bertz CT molecular complexity index is 3120. The number of aliphatic hydroxyl groups excluding tert-OH is 5. The second-order valence-electron chi connectivity index (χ2n) is 31.6. The Morgan fingerprint density at radius 1 is 0.535 bits per heavy atom. The zero-order valence-electron chi connectivity index (χ0n) is 79.2. The van der Waals surface area contributed by atoms with Crippen LogP contribution in [0.4, 0.5) is 4.79 Å². The normalized spacial score (nSPS) is 17.1. The van der Waals surface area contributed by atoms with E-state index in [1.54, 1.807) is 32.9 Å². The summed E-state index contributed by atoms with van der Waals surface area (Å²) < 4.78 is 78.9. The standard InChI is InChI=1S/C56H95N5O14.C13H25NO7S.C12H22O7.C7H16O4/c1-16-36(7)51(61(12)55(68)49(34(3)4)59-54(67)50(35(5)6)60(10)11)45(70-13)30-44(63)41-25-21-26-42(41)52(72-15)38(9)53(66)58-43(29-39-23-19-18-20-24-39)56(69)74-37(8)31-57-46(64)27-22-28-47(65)73-33-48(71-14)75-40(17-2)32-62;1-3-10(8-15)21-12(18-2)9-20-13(17)19-6-4-11(16)14-5-7-22;1-3-9(7-13)19-12(17-2)8-18-11(16)6-4-5-10(14)15;1-3-6(4-8)11-7(5-9)10-2/h18-20,23-24,34-38,40-43,45,48-52,62H,16-17,21-22,25-33H2,1-15H3,(H,57,64)(H,58,66)(H,59,67);10,12,15,22H,3-9H2,1-2H3,(H,14,16);9,12-13H,3-8H2,1-2H3,(H,14,15);6-9H,3-5H2,1-2H3/t36-,37?,38+,40?,41?,42+,43-,45+,48?,49-,50-,51-,52+;;;/m0.../s1. The quantitative estimate of drug-likeness (QED) is 0.0166. The smallest absolute Gasteiger partial charge is 0.481 e. The Labute approximate surface area is 757 Å². The summed E-state index contributed by atoms with van der Waals surface area (Å²) in [4.78, 5) is 143. The summed E-state index contributed by atoms with van der Waals surface area (Å²) in [6, 6.07) is 6.35. The fraction of sp³-hybridized carbons (Fsp3) is 0.807. The molecule has 1 saturated carbocycles. The Balaban J connectivity index is 0. The number of carbonyl (C=O) groups is 11. The Hall–Kier alpha value is -6.90. The number of thiol groups is 1. The molecule has 5 amide bonds. The lowest BCUT2D eigenvalue weighted by Gasteiger charge is -2.40. The maximum Gasteiger partial charge on any atom is 0.508 e. The van der Waals surface area contributed by atoms with E-state index in [2.05, 4.69) is 33.9 Å². The first-order valence-corrected chi connectivity index (χ1v) is 44.6. The summed E-state index contributed by atoms with van der Waals surface area (Å²) in [6.07, 6.45) is -1.73. The number of esters is 3. The molecule has 1 aliphatic rings. The third-order valence-electron chi connectivity index (χ3n) is 21.0. The number of carboxylic acids is 1. The SMILES string of the molecule is CCC(CO)OC(CO)OC.CCC(CO)OC(COC(=O)CCCC(=O)NCC(C)OC(=O)[C@H](Cc1ccccc1)NC(=O)[C@H](C)[C@@H](OC)[C@@H]1CCCC1C(=O)C[C@@H](OC)[C@H]([C@@H](C)CC)N(C)C(=O)[C@@H](NC(=O)[C@H](C(C)C)N(C)C)C(C)C)OC.CCC(CO)OC(COC(=O)CCCC(=O)O)OC.CCC(CO)OC(COC(=O)OCCC(=O)NCCS)OC. The Morgan fingerprint density at radius 2 is 1.02 bits per heavy atom. The third-order valence-corrected chi connectivity index (χ3v) is 21.2. The average molecular weight is 1840 g/mol. The van der Waals surface area contributed by atoms with Crippen molar-refractivity contribution in [3.05, 3.63) is 35.9 Å². The van der Waals surface area contributed by atoms with Gasteiger partial charge in [0.1, 0.15) is 50.4 Å². The third kappa shape index (κ3) is 52.1. The number of rotatable bonds is 65. The number of hydrogen-bond donors (Lipinski definition) is 11. The number of aliphatic carboxylic acids is 1. The molecule has 1 aliphatic carbocycles. The van der Waals surface area contributed by atoms with Crippen LogP contribution in [0.2, 0.25) is 0 Å². The minimum atomic E-state index is -1.10. The molecular weight excluding hydrogens is 1690 g/mol. The second-order valence-corrected chi connectivity index (χ2v) is 32.0. The van der Waals surface area contributed by atoms with Gasteiger partial charge < -0.3 is 128 Å². The molecule has 19 atom stereocenters. The highest BCUT2D eigenvalue weighted by Gasteiger charge is 2.46. The van der Waals surface area contributed by atoms with Crippen molar-refractivity contribution in [2.75, 3.05) is 142 Å². The average Bonchev–Trinajstić information content (AvgIpc) is 1.79. The molecule has 127 heavy (non-hydrogen) atoms. The van der Waals surface area contributed by atoms with Crippen molar-refractivity contribution < 1.29 is 154 Å². The topological polar surface area (TPSA) is 502 Å². The second kappa shape index (κ2) is 72.8. The number of aliphatic hydroxyl groups is 5. The number of carboxylic acid groups (broad SMARTS) is 1. The highest BCUT2D eigenvalue weighted by Crippen LogP contribution is 2.40. The van der Waals surface area contributed by atoms with E-state index < -0.39 is 122 Å². The van der Waals surface area contributed by atoms with E-state index in [9.17, 15) is 57.8 Å². The molecule has 738 valence electrons. The van der Waals surface area contributed by atoms with Crippen molar-refractivity contribution in [2.24, 2.45) is 35.5 Å². The van der Waals surface area contributed by atoms with Gasteiger partial charge in [-0.2, -0.15) is 12.6 Å². The zero-order chi connectivity index (χ0) is 96.7. The number of nitrogens with one attached hydrogen (secondary N) is 4. The van der Waals surface area contributed by atoms with Gasteiger partial charge in [-0.05, 0) is 102 Å². The molecule has 1 fully saturated rings. The van der Waals surface area contributed by atoms with E-state index in [1.807, 2.05) is 119 Å². The molecule has 39 heteroatoms. The molecule has 38 nitrogen and oxygen atoms in total. The van der Waals surface area contributed by atoms with E-state index in [4.69, 9.17) is 96.6 Å². The van der Waals surface area contributed by atoms with Gasteiger partial charge in [-0.25, -0.2) is 9.59 Å². The summed E-state index contributed by atoms with van der Waals surface area (Å²) in [5, 5.41) is 64.4. The molecule has 0 aromatic heterocycles. The van der Waals surface area contributed by atoms with Crippen molar-refractivity contribution in [3.8, 4) is 0 Å². The maximum atomic E-state index is 14.6. The summed E-state index contributed by atoms with van der Waals surface area (Å²) in [5.74, 6) is -5.56. The lowest BCUT2D eigenvalue weighted by atomic mass is 9.79. The molecule has 0 spiro atoms. The van der Waals surface area contributed by atoms with Crippen LogP contribution in [0.25, 0.3) is 0 Å². The minimum absolute atomic E-state index is 0.0125.